The number of fused-ring (bicyclic) bond motifs is 2. The molecule has 0 aliphatic carbocycles. The molecule has 148 valence electrons. The first-order valence-electron chi connectivity index (χ1n) is 8.44. The number of aromatic nitrogens is 3. The molecular formula is C18H17F2N3O4S. The molecule has 7 nitrogen and oxygen atoms in total. The number of nitrogens with zero attached hydrogens (tertiary/aromatic N) is 2. The summed E-state index contributed by atoms with van der Waals surface area (Å²) in [6, 6.07) is 4.70. The van der Waals surface area contributed by atoms with E-state index in [4.69, 9.17) is 9.47 Å². The number of methoxy groups -OCH3 is 1. The number of rotatable bonds is 7. The molecule has 0 bridgehead atoms. The van der Waals surface area contributed by atoms with Gasteiger partial charge in [-0.05, 0) is 13.0 Å². The molecule has 10 heteroatoms. The summed E-state index contributed by atoms with van der Waals surface area (Å²) >= 11 is 1.45. The van der Waals surface area contributed by atoms with Crippen molar-refractivity contribution in [2.24, 2.45) is 0 Å². The molecule has 0 atom stereocenters. The van der Waals surface area contributed by atoms with E-state index < -0.39 is 6.29 Å². The van der Waals surface area contributed by atoms with Gasteiger partial charge >= 0.3 is 6.29 Å². The minimum Gasteiger partial charge on any atom is -0.491 e. The zero-order chi connectivity index (χ0) is 19.7. The minimum absolute atomic E-state index is 0.0175. The zero-order valence-corrected chi connectivity index (χ0v) is 15.9. The normalized spacial score (nSPS) is 14.6. The maximum absolute atomic E-state index is 13.1. The van der Waals surface area contributed by atoms with E-state index in [0.717, 1.165) is 17.0 Å². The highest BCUT2D eigenvalue weighted by Crippen LogP contribution is 2.43. The summed E-state index contributed by atoms with van der Waals surface area (Å²) in [4.78, 5) is 11.9. The quantitative estimate of drug-likeness (QED) is 0.468. The standard InChI is InChI=1S/C18H17F2N3O4S/c1-10-13(21-4-3-14(10)25-6-5-24-2)9-28-17-22-11-7-15-16(8-12(11)23-17)27-18(19,20)26-15/h3-4,7-8H,5-6,9H2,1-2H3,(H,22,23). The SMILES string of the molecule is COCCOc1ccnc(CSc2nc3cc4c(cc3[nH]2)OC(F)(F)O4)c1C. The second kappa shape index (κ2) is 7.44. The van der Waals surface area contributed by atoms with Crippen molar-refractivity contribution < 1.29 is 27.7 Å². The number of pyridine rings is 1. The van der Waals surface area contributed by atoms with Crippen molar-refractivity contribution in [1.29, 1.82) is 0 Å². The van der Waals surface area contributed by atoms with Crippen molar-refractivity contribution >= 4 is 22.8 Å². The molecule has 28 heavy (non-hydrogen) atoms. The van der Waals surface area contributed by atoms with Crippen LogP contribution in [0, 0.1) is 6.92 Å². The number of hydrogen-bond donors (Lipinski definition) is 1. The average molecular weight is 409 g/mol. The van der Waals surface area contributed by atoms with Gasteiger partial charge in [-0.3, -0.25) is 4.98 Å². The Morgan fingerprint density at radius 1 is 1.21 bits per heavy atom. The highest BCUT2D eigenvalue weighted by atomic mass is 32.2. The van der Waals surface area contributed by atoms with E-state index in [1.165, 1.54) is 23.9 Å². The first-order chi connectivity index (χ1) is 13.4. The Kier molecular flexibility index (Phi) is 4.98. The summed E-state index contributed by atoms with van der Waals surface area (Å²) in [5.74, 6) is 1.28. The minimum atomic E-state index is -3.64. The number of alkyl halides is 2. The monoisotopic (exact) mass is 409 g/mol. The van der Waals surface area contributed by atoms with Crippen LogP contribution in [0.2, 0.25) is 0 Å². The fraction of sp³-hybridized carbons (Fsp3) is 0.333. The van der Waals surface area contributed by atoms with Crippen LogP contribution in [0.5, 0.6) is 17.2 Å². The molecule has 0 saturated heterocycles. The van der Waals surface area contributed by atoms with E-state index in [-0.39, 0.29) is 11.5 Å². The van der Waals surface area contributed by atoms with Gasteiger partial charge in [0.25, 0.3) is 0 Å². The first-order valence-corrected chi connectivity index (χ1v) is 9.42. The molecule has 4 rings (SSSR count). The van der Waals surface area contributed by atoms with E-state index in [9.17, 15) is 8.78 Å². The van der Waals surface area contributed by atoms with E-state index in [0.29, 0.717) is 35.2 Å². The highest BCUT2D eigenvalue weighted by Gasteiger charge is 2.43. The fourth-order valence-corrected chi connectivity index (χ4v) is 3.64. The van der Waals surface area contributed by atoms with Gasteiger partial charge < -0.3 is 23.9 Å². The summed E-state index contributed by atoms with van der Waals surface area (Å²) in [5, 5.41) is 0.636. The Morgan fingerprint density at radius 3 is 2.79 bits per heavy atom. The van der Waals surface area contributed by atoms with Gasteiger partial charge in [-0.15, -0.1) is 8.78 Å². The predicted octanol–water partition coefficient (Wildman–Crippen LogP) is 3.91. The molecular weight excluding hydrogens is 392 g/mol. The number of aromatic amines is 1. The van der Waals surface area contributed by atoms with Gasteiger partial charge in [-0.2, -0.15) is 0 Å². The molecule has 3 aromatic rings. The van der Waals surface area contributed by atoms with Crippen molar-refractivity contribution in [3.8, 4) is 17.2 Å². The Morgan fingerprint density at radius 2 is 2.00 bits per heavy atom. The molecule has 2 aromatic heterocycles. The maximum atomic E-state index is 13.1. The average Bonchev–Trinajstić information content (AvgIpc) is 3.17. The van der Waals surface area contributed by atoms with Gasteiger partial charge in [0.2, 0.25) is 0 Å². The molecule has 0 unspecified atom stereocenters. The summed E-state index contributed by atoms with van der Waals surface area (Å²) in [7, 11) is 1.62. The van der Waals surface area contributed by atoms with Crippen LogP contribution in [0.25, 0.3) is 11.0 Å². The summed E-state index contributed by atoms with van der Waals surface area (Å²) in [6.45, 7) is 2.92. The van der Waals surface area contributed by atoms with Gasteiger partial charge in [0.1, 0.15) is 12.4 Å². The highest BCUT2D eigenvalue weighted by molar-refractivity contribution is 7.98. The number of benzene rings is 1. The van der Waals surface area contributed by atoms with E-state index in [2.05, 4.69) is 24.4 Å². The number of H-pyrrole nitrogens is 1. The van der Waals surface area contributed by atoms with Crippen LogP contribution in [-0.4, -0.2) is 41.6 Å². The lowest BCUT2D eigenvalue weighted by Crippen LogP contribution is -2.25. The number of hydrogen-bond acceptors (Lipinski definition) is 7. The third kappa shape index (κ3) is 3.83. The Hall–Kier alpha value is -2.59. The van der Waals surface area contributed by atoms with Gasteiger partial charge in [-0.25, -0.2) is 4.98 Å². The molecule has 1 aromatic carbocycles. The van der Waals surface area contributed by atoms with Crippen LogP contribution in [-0.2, 0) is 10.5 Å². The molecule has 0 radical (unpaired) electrons. The lowest BCUT2D eigenvalue weighted by atomic mass is 10.2. The van der Waals surface area contributed by atoms with Crippen LogP contribution in [0.15, 0.2) is 29.6 Å². The van der Waals surface area contributed by atoms with Crippen LogP contribution < -0.4 is 14.2 Å². The lowest BCUT2D eigenvalue weighted by Gasteiger charge is -2.11. The number of halogens is 2. The molecule has 0 spiro atoms. The maximum Gasteiger partial charge on any atom is 0.586 e. The number of thioether (sulfide) groups is 1. The Bertz CT molecular complexity index is 967. The summed E-state index contributed by atoms with van der Waals surface area (Å²) < 4.78 is 45.9. The van der Waals surface area contributed by atoms with Crippen LogP contribution >= 0.6 is 11.8 Å². The fourth-order valence-electron chi connectivity index (χ4n) is 2.73. The van der Waals surface area contributed by atoms with Crippen molar-refractivity contribution in [3.05, 3.63) is 35.7 Å². The summed E-state index contributed by atoms with van der Waals surface area (Å²) in [6.07, 6.45) is -1.94. The second-order valence-electron chi connectivity index (χ2n) is 6.04. The smallest absolute Gasteiger partial charge is 0.491 e. The molecule has 0 amide bonds. The lowest BCUT2D eigenvalue weighted by molar-refractivity contribution is -0.286. The molecule has 0 saturated carbocycles. The molecule has 1 aliphatic rings. The van der Waals surface area contributed by atoms with Gasteiger partial charge in [-0.1, -0.05) is 11.8 Å². The molecule has 1 N–H and O–H groups in total. The van der Waals surface area contributed by atoms with Crippen molar-refractivity contribution in [1.82, 2.24) is 15.0 Å². The Labute approximate surface area is 163 Å². The van der Waals surface area contributed by atoms with Gasteiger partial charge in [0.05, 0.1) is 23.3 Å². The number of imidazole rings is 1. The van der Waals surface area contributed by atoms with Crippen LogP contribution in [0.1, 0.15) is 11.3 Å². The van der Waals surface area contributed by atoms with Gasteiger partial charge in [0.15, 0.2) is 16.7 Å². The van der Waals surface area contributed by atoms with Crippen molar-refractivity contribution in [3.63, 3.8) is 0 Å². The van der Waals surface area contributed by atoms with E-state index >= 15 is 0 Å². The van der Waals surface area contributed by atoms with Crippen LogP contribution in [0.3, 0.4) is 0 Å². The first kappa shape index (κ1) is 18.8. The van der Waals surface area contributed by atoms with Crippen molar-refractivity contribution in [2.75, 3.05) is 20.3 Å². The van der Waals surface area contributed by atoms with Crippen LogP contribution in [0.4, 0.5) is 8.78 Å². The molecule has 1 aliphatic heterocycles. The Balaban J connectivity index is 1.47. The largest absolute Gasteiger partial charge is 0.586 e. The third-order valence-electron chi connectivity index (χ3n) is 4.13. The van der Waals surface area contributed by atoms with E-state index in [1.807, 2.05) is 13.0 Å². The predicted molar refractivity (Wildman–Crippen MR) is 98.2 cm³/mol. The number of ether oxygens (including phenoxy) is 4. The summed E-state index contributed by atoms with van der Waals surface area (Å²) in [5.41, 5.74) is 2.92. The number of nitrogens with one attached hydrogen (secondary N) is 1. The second-order valence-corrected chi connectivity index (χ2v) is 7.00. The van der Waals surface area contributed by atoms with E-state index in [1.54, 1.807) is 13.3 Å². The molecule has 3 heterocycles. The third-order valence-corrected chi connectivity index (χ3v) is 5.02. The topological polar surface area (TPSA) is 78.5 Å². The van der Waals surface area contributed by atoms with Crippen molar-refractivity contribution in [2.45, 2.75) is 24.1 Å². The van der Waals surface area contributed by atoms with Gasteiger partial charge in [0, 0.05) is 36.8 Å². The molecule has 0 fully saturated rings. The zero-order valence-electron chi connectivity index (χ0n) is 15.1.